The molecular formula is C14H15N3O3. The lowest BCUT2D eigenvalue weighted by molar-refractivity contribution is -0.138. The highest BCUT2D eigenvalue weighted by Crippen LogP contribution is 2.26. The number of carboxylic acid groups (broad SMARTS) is 1. The van der Waals surface area contributed by atoms with Crippen molar-refractivity contribution in [1.82, 2.24) is 10.1 Å². The summed E-state index contributed by atoms with van der Waals surface area (Å²) in [6.45, 7) is 2.64. The van der Waals surface area contributed by atoms with E-state index in [2.05, 4.69) is 10.1 Å². The second-order valence-electron chi connectivity index (χ2n) is 4.96. The smallest absolute Gasteiger partial charge is 0.326 e. The number of aliphatic carboxylic acids is 1. The van der Waals surface area contributed by atoms with Crippen LogP contribution in [0.2, 0.25) is 0 Å². The Bertz CT molecular complexity index is 621. The molecule has 0 saturated carbocycles. The number of nitrogens with zero attached hydrogens (tertiary/aromatic N) is 3. The molecule has 0 aliphatic carbocycles. The number of aromatic nitrogens is 2. The molecular weight excluding hydrogens is 258 g/mol. The van der Waals surface area contributed by atoms with E-state index in [0.29, 0.717) is 18.8 Å². The zero-order valence-electron chi connectivity index (χ0n) is 11.1. The van der Waals surface area contributed by atoms with Crippen molar-refractivity contribution in [3.63, 3.8) is 0 Å². The number of carboxylic acids is 1. The Hall–Kier alpha value is -2.37. The Balaban J connectivity index is 1.86. The maximum Gasteiger partial charge on any atom is 0.326 e. The van der Waals surface area contributed by atoms with Crippen molar-refractivity contribution in [2.45, 2.75) is 25.8 Å². The lowest BCUT2D eigenvalue weighted by Crippen LogP contribution is -2.36. The summed E-state index contributed by atoms with van der Waals surface area (Å²) >= 11 is 0. The summed E-state index contributed by atoms with van der Waals surface area (Å²) in [5, 5.41) is 13.1. The third kappa shape index (κ3) is 2.24. The average molecular weight is 273 g/mol. The molecule has 2 heterocycles. The normalized spacial score (nSPS) is 18.4. The van der Waals surface area contributed by atoms with E-state index in [1.165, 1.54) is 0 Å². The van der Waals surface area contributed by atoms with Crippen LogP contribution in [0.5, 0.6) is 0 Å². The summed E-state index contributed by atoms with van der Waals surface area (Å²) in [5.41, 5.74) is 2.01. The third-order valence-electron chi connectivity index (χ3n) is 3.51. The Labute approximate surface area is 116 Å². The molecule has 1 fully saturated rings. The predicted octanol–water partition coefficient (Wildman–Crippen LogP) is 2.10. The summed E-state index contributed by atoms with van der Waals surface area (Å²) in [6, 6.07) is 7.50. The molecule has 6 heteroatoms. The zero-order valence-corrected chi connectivity index (χ0v) is 11.1. The lowest BCUT2D eigenvalue weighted by atomic mass is 10.1. The zero-order chi connectivity index (χ0) is 14.1. The molecule has 1 saturated heterocycles. The van der Waals surface area contributed by atoms with Gasteiger partial charge in [-0.1, -0.05) is 35.0 Å². The number of benzene rings is 1. The second-order valence-corrected chi connectivity index (χ2v) is 4.96. The number of anilines is 1. The van der Waals surface area contributed by atoms with Crippen molar-refractivity contribution < 1.29 is 14.4 Å². The van der Waals surface area contributed by atoms with Gasteiger partial charge in [-0.05, 0) is 19.8 Å². The van der Waals surface area contributed by atoms with E-state index in [0.717, 1.165) is 17.5 Å². The third-order valence-corrected chi connectivity index (χ3v) is 3.51. The van der Waals surface area contributed by atoms with Gasteiger partial charge >= 0.3 is 12.0 Å². The van der Waals surface area contributed by atoms with E-state index >= 15 is 0 Å². The van der Waals surface area contributed by atoms with Crippen LogP contribution in [0, 0.1) is 6.92 Å². The minimum atomic E-state index is -0.849. The number of rotatable bonds is 3. The molecule has 2 aromatic rings. The molecule has 0 spiro atoms. The van der Waals surface area contributed by atoms with Crippen LogP contribution < -0.4 is 4.90 Å². The second kappa shape index (κ2) is 4.96. The van der Waals surface area contributed by atoms with Crippen LogP contribution >= 0.6 is 0 Å². The highest BCUT2D eigenvalue weighted by Gasteiger charge is 2.34. The minimum absolute atomic E-state index is 0.283. The summed E-state index contributed by atoms with van der Waals surface area (Å²) in [4.78, 5) is 17.1. The monoisotopic (exact) mass is 273 g/mol. The summed E-state index contributed by atoms with van der Waals surface area (Å²) in [7, 11) is 0. The Morgan fingerprint density at radius 1 is 1.40 bits per heavy atom. The first-order valence-corrected chi connectivity index (χ1v) is 6.55. The SMILES string of the molecule is Cc1ccc(-c2noc(N3CCCC3C(=O)O)n2)cc1. The maximum atomic E-state index is 11.2. The molecule has 6 nitrogen and oxygen atoms in total. The van der Waals surface area contributed by atoms with E-state index in [-0.39, 0.29) is 6.01 Å². The number of hydrogen-bond donors (Lipinski definition) is 1. The molecule has 1 aromatic carbocycles. The van der Waals surface area contributed by atoms with Crippen LogP contribution in [0.4, 0.5) is 6.01 Å². The fraction of sp³-hybridized carbons (Fsp3) is 0.357. The molecule has 3 rings (SSSR count). The molecule has 20 heavy (non-hydrogen) atoms. The molecule has 1 N–H and O–H groups in total. The van der Waals surface area contributed by atoms with Gasteiger partial charge in [0.05, 0.1) is 0 Å². The van der Waals surface area contributed by atoms with Crippen molar-refractivity contribution in [2.75, 3.05) is 11.4 Å². The molecule has 104 valence electrons. The number of aryl methyl sites for hydroxylation is 1. The Morgan fingerprint density at radius 2 is 2.15 bits per heavy atom. The lowest BCUT2D eigenvalue weighted by Gasteiger charge is -2.17. The van der Waals surface area contributed by atoms with Gasteiger partial charge in [-0.15, -0.1) is 0 Å². The average Bonchev–Trinajstić information content (AvgIpc) is 3.08. The fourth-order valence-corrected chi connectivity index (χ4v) is 2.40. The Kier molecular flexibility index (Phi) is 3.14. The molecule has 0 bridgehead atoms. The van der Waals surface area contributed by atoms with Crippen molar-refractivity contribution >= 4 is 12.0 Å². The van der Waals surface area contributed by atoms with Crippen LogP contribution in [-0.2, 0) is 4.79 Å². The van der Waals surface area contributed by atoms with Crippen molar-refractivity contribution in [1.29, 1.82) is 0 Å². The molecule has 1 aromatic heterocycles. The quantitative estimate of drug-likeness (QED) is 0.922. The van der Waals surface area contributed by atoms with Crippen molar-refractivity contribution in [3.8, 4) is 11.4 Å². The Morgan fingerprint density at radius 3 is 2.85 bits per heavy atom. The van der Waals surface area contributed by atoms with Gasteiger partial charge < -0.3 is 14.5 Å². The summed E-state index contributed by atoms with van der Waals surface area (Å²) in [5.74, 6) is -0.367. The van der Waals surface area contributed by atoms with Gasteiger partial charge in [0, 0.05) is 12.1 Å². The highest BCUT2D eigenvalue weighted by atomic mass is 16.5. The van der Waals surface area contributed by atoms with Crippen molar-refractivity contribution in [2.24, 2.45) is 0 Å². The van der Waals surface area contributed by atoms with Crippen LogP contribution in [0.15, 0.2) is 28.8 Å². The van der Waals surface area contributed by atoms with E-state index in [4.69, 9.17) is 9.63 Å². The number of carbonyl (C=O) groups is 1. The van der Waals surface area contributed by atoms with E-state index in [1.807, 2.05) is 31.2 Å². The van der Waals surface area contributed by atoms with Gasteiger partial charge in [0.1, 0.15) is 6.04 Å². The summed E-state index contributed by atoms with van der Waals surface area (Å²) in [6.07, 6.45) is 1.43. The largest absolute Gasteiger partial charge is 0.480 e. The first-order valence-electron chi connectivity index (χ1n) is 6.55. The fourth-order valence-electron chi connectivity index (χ4n) is 2.40. The predicted molar refractivity (Wildman–Crippen MR) is 72.5 cm³/mol. The molecule has 1 unspecified atom stereocenters. The van der Waals surface area contributed by atoms with Crippen LogP contribution in [0.3, 0.4) is 0 Å². The van der Waals surface area contributed by atoms with Gasteiger partial charge in [-0.25, -0.2) is 4.79 Å². The van der Waals surface area contributed by atoms with E-state index < -0.39 is 12.0 Å². The van der Waals surface area contributed by atoms with Crippen LogP contribution in [0.25, 0.3) is 11.4 Å². The van der Waals surface area contributed by atoms with Crippen molar-refractivity contribution in [3.05, 3.63) is 29.8 Å². The first-order chi connectivity index (χ1) is 9.65. The van der Waals surface area contributed by atoms with E-state index in [1.54, 1.807) is 4.90 Å². The standard InChI is InChI=1S/C14H15N3O3/c1-9-4-6-10(7-5-9)12-15-14(20-16-12)17-8-2-3-11(17)13(18)19/h4-7,11H,2-3,8H2,1H3,(H,18,19). The topological polar surface area (TPSA) is 79.5 Å². The highest BCUT2D eigenvalue weighted by molar-refractivity contribution is 5.78. The van der Waals surface area contributed by atoms with Gasteiger partial charge in [0.25, 0.3) is 0 Å². The van der Waals surface area contributed by atoms with Gasteiger partial charge in [0.2, 0.25) is 5.82 Å². The first kappa shape index (κ1) is 12.7. The minimum Gasteiger partial charge on any atom is -0.480 e. The molecule has 0 radical (unpaired) electrons. The van der Waals surface area contributed by atoms with Crippen LogP contribution in [0.1, 0.15) is 18.4 Å². The maximum absolute atomic E-state index is 11.2. The van der Waals surface area contributed by atoms with Crippen LogP contribution in [-0.4, -0.2) is 33.8 Å². The molecule has 1 atom stereocenters. The molecule has 1 aliphatic heterocycles. The van der Waals surface area contributed by atoms with E-state index in [9.17, 15) is 4.79 Å². The van der Waals surface area contributed by atoms with Gasteiger partial charge in [-0.3, -0.25) is 0 Å². The van der Waals surface area contributed by atoms with Gasteiger partial charge in [-0.2, -0.15) is 4.98 Å². The number of hydrogen-bond acceptors (Lipinski definition) is 5. The van der Waals surface area contributed by atoms with Gasteiger partial charge in [0.15, 0.2) is 0 Å². The summed E-state index contributed by atoms with van der Waals surface area (Å²) < 4.78 is 5.22. The molecule has 0 amide bonds. The molecule has 1 aliphatic rings.